The highest BCUT2D eigenvalue weighted by Gasteiger charge is 2.10. The molecule has 94 valence electrons. The molecule has 0 aromatic heterocycles. The number of hydrogen-bond donors (Lipinski definition) is 0. The highest BCUT2D eigenvalue weighted by Crippen LogP contribution is 2.17. The minimum Gasteiger partial charge on any atom is -0.219 e. The lowest BCUT2D eigenvalue weighted by atomic mass is 10.2. The summed E-state index contributed by atoms with van der Waals surface area (Å²) in [7, 11) is -3.29. The van der Waals surface area contributed by atoms with E-state index < -0.39 is 9.84 Å². The smallest absolute Gasteiger partial charge is 0.199 e. The van der Waals surface area contributed by atoms with Crippen LogP contribution in [0, 0.1) is 6.92 Å². The molecule has 4 heteroatoms. The van der Waals surface area contributed by atoms with Crippen LogP contribution >= 0.6 is 11.8 Å². The van der Waals surface area contributed by atoms with E-state index in [1.165, 1.54) is 5.41 Å². The molecule has 0 aliphatic heterocycles. The monoisotopic (exact) mass is 270 g/mol. The predicted octanol–water partition coefficient (Wildman–Crippen LogP) is 3.42. The third kappa shape index (κ3) is 4.21. The molecule has 0 saturated carbocycles. The SMILES string of the molecule is CCC(/C=C/S(=O)(=O)c1ccc(C)cc1)SC. The number of hydrogen-bond acceptors (Lipinski definition) is 3. The van der Waals surface area contributed by atoms with Crippen LogP contribution in [0.4, 0.5) is 0 Å². The minimum atomic E-state index is -3.29. The van der Waals surface area contributed by atoms with Gasteiger partial charge in [0.1, 0.15) is 0 Å². The molecule has 0 bridgehead atoms. The Balaban J connectivity index is 2.92. The molecule has 0 N–H and O–H groups in total. The average Bonchev–Trinajstić information content (AvgIpc) is 2.31. The summed E-state index contributed by atoms with van der Waals surface area (Å²) in [6.07, 6.45) is 4.68. The maximum absolute atomic E-state index is 12.0. The Labute approximate surface area is 108 Å². The predicted molar refractivity (Wildman–Crippen MR) is 75.1 cm³/mol. The van der Waals surface area contributed by atoms with E-state index in [1.807, 2.05) is 32.2 Å². The third-order valence-corrected chi connectivity index (χ3v) is 5.07. The van der Waals surface area contributed by atoms with Gasteiger partial charge in [0, 0.05) is 10.7 Å². The molecule has 0 radical (unpaired) electrons. The van der Waals surface area contributed by atoms with Crippen LogP contribution in [0.25, 0.3) is 0 Å². The molecule has 2 nitrogen and oxygen atoms in total. The Morgan fingerprint density at radius 1 is 1.29 bits per heavy atom. The molecule has 0 aliphatic rings. The summed E-state index contributed by atoms with van der Waals surface area (Å²) >= 11 is 1.66. The molecular formula is C13H18O2S2. The van der Waals surface area contributed by atoms with Crippen LogP contribution in [0.3, 0.4) is 0 Å². The molecule has 1 aromatic rings. The normalized spacial score (nSPS) is 14.1. The van der Waals surface area contributed by atoms with E-state index in [0.29, 0.717) is 4.90 Å². The van der Waals surface area contributed by atoms with Gasteiger partial charge in [-0.05, 0) is 31.7 Å². The highest BCUT2D eigenvalue weighted by molar-refractivity contribution is 7.99. The standard InChI is InChI=1S/C13H18O2S2/c1-4-12(16-3)9-10-17(14,15)13-7-5-11(2)6-8-13/h5-10,12H,4H2,1-3H3/b10-9+. The number of sulfone groups is 1. The Morgan fingerprint density at radius 2 is 1.88 bits per heavy atom. The summed E-state index contributed by atoms with van der Waals surface area (Å²) < 4.78 is 24.0. The number of rotatable bonds is 5. The fourth-order valence-corrected chi connectivity index (χ4v) is 3.12. The van der Waals surface area contributed by atoms with Gasteiger partial charge < -0.3 is 0 Å². The van der Waals surface area contributed by atoms with Gasteiger partial charge in [-0.1, -0.05) is 30.7 Å². The second-order valence-electron chi connectivity index (χ2n) is 3.87. The average molecular weight is 270 g/mol. The fourth-order valence-electron chi connectivity index (χ4n) is 1.38. The van der Waals surface area contributed by atoms with Crippen LogP contribution in [-0.4, -0.2) is 19.9 Å². The summed E-state index contributed by atoms with van der Waals surface area (Å²) in [6, 6.07) is 6.92. The summed E-state index contributed by atoms with van der Waals surface area (Å²) in [4.78, 5) is 0.357. The number of aryl methyl sites for hydroxylation is 1. The Kier molecular flexibility index (Phi) is 5.28. The topological polar surface area (TPSA) is 34.1 Å². The first-order chi connectivity index (χ1) is 7.99. The fraction of sp³-hybridized carbons (Fsp3) is 0.385. The van der Waals surface area contributed by atoms with Gasteiger partial charge in [0.05, 0.1) is 4.90 Å². The van der Waals surface area contributed by atoms with Crippen LogP contribution in [0.5, 0.6) is 0 Å². The van der Waals surface area contributed by atoms with Gasteiger partial charge >= 0.3 is 0 Å². The van der Waals surface area contributed by atoms with Gasteiger partial charge in [-0.2, -0.15) is 11.8 Å². The van der Waals surface area contributed by atoms with Crippen molar-refractivity contribution in [2.45, 2.75) is 30.4 Å². The van der Waals surface area contributed by atoms with Crippen molar-refractivity contribution in [3.63, 3.8) is 0 Å². The Morgan fingerprint density at radius 3 is 2.35 bits per heavy atom. The van der Waals surface area contributed by atoms with Crippen molar-refractivity contribution >= 4 is 21.6 Å². The van der Waals surface area contributed by atoms with Gasteiger partial charge in [-0.15, -0.1) is 0 Å². The first kappa shape index (κ1) is 14.3. The Bertz CT molecular complexity index is 469. The van der Waals surface area contributed by atoms with Crippen LogP contribution < -0.4 is 0 Å². The van der Waals surface area contributed by atoms with Crippen molar-refractivity contribution in [3.05, 3.63) is 41.3 Å². The van der Waals surface area contributed by atoms with Crippen LogP contribution in [0.1, 0.15) is 18.9 Å². The second kappa shape index (κ2) is 6.26. The zero-order valence-electron chi connectivity index (χ0n) is 10.4. The van der Waals surface area contributed by atoms with Crippen molar-refractivity contribution in [1.82, 2.24) is 0 Å². The van der Waals surface area contributed by atoms with Gasteiger partial charge in [0.2, 0.25) is 0 Å². The second-order valence-corrected chi connectivity index (χ2v) is 6.78. The van der Waals surface area contributed by atoms with E-state index in [-0.39, 0.29) is 5.25 Å². The molecule has 0 fully saturated rings. The highest BCUT2D eigenvalue weighted by atomic mass is 32.2. The molecule has 0 heterocycles. The zero-order chi connectivity index (χ0) is 12.9. The first-order valence-corrected chi connectivity index (χ1v) is 8.35. The van der Waals surface area contributed by atoms with E-state index in [4.69, 9.17) is 0 Å². The zero-order valence-corrected chi connectivity index (χ0v) is 12.0. The molecule has 0 amide bonds. The molecular weight excluding hydrogens is 252 g/mol. The van der Waals surface area contributed by atoms with E-state index in [2.05, 4.69) is 0 Å². The number of benzene rings is 1. The van der Waals surface area contributed by atoms with Gasteiger partial charge in [0.15, 0.2) is 9.84 Å². The maximum atomic E-state index is 12.0. The largest absolute Gasteiger partial charge is 0.219 e. The minimum absolute atomic E-state index is 0.259. The summed E-state index contributed by atoms with van der Waals surface area (Å²) in [5.74, 6) is 0. The van der Waals surface area contributed by atoms with Crippen LogP contribution in [0.15, 0.2) is 40.6 Å². The van der Waals surface area contributed by atoms with E-state index >= 15 is 0 Å². The molecule has 1 unspecified atom stereocenters. The quantitative estimate of drug-likeness (QED) is 0.822. The van der Waals surface area contributed by atoms with E-state index in [9.17, 15) is 8.42 Å². The lowest BCUT2D eigenvalue weighted by Crippen LogP contribution is -2.00. The van der Waals surface area contributed by atoms with E-state index in [0.717, 1.165) is 12.0 Å². The van der Waals surface area contributed by atoms with Crippen LogP contribution in [-0.2, 0) is 9.84 Å². The lowest BCUT2D eigenvalue weighted by Gasteiger charge is -2.05. The van der Waals surface area contributed by atoms with E-state index in [1.54, 1.807) is 30.0 Å². The van der Waals surface area contributed by atoms with Crippen molar-refractivity contribution in [2.75, 3.05) is 6.26 Å². The van der Waals surface area contributed by atoms with Crippen molar-refractivity contribution < 1.29 is 8.42 Å². The molecule has 1 rings (SSSR count). The van der Waals surface area contributed by atoms with Gasteiger partial charge in [-0.3, -0.25) is 0 Å². The summed E-state index contributed by atoms with van der Waals surface area (Å²) in [5, 5.41) is 1.58. The maximum Gasteiger partial charge on any atom is 0.199 e. The van der Waals surface area contributed by atoms with Crippen molar-refractivity contribution in [2.24, 2.45) is 0 Å². The lowest BCUT2D eigenvalue weighted by molar-refractivity contribution is 0.604. The summed E-state index contributed by atoms with van der Waals surface area (Å²) in [6.45, 7) is 3.98. The molecule has 0 spiro atoms. The van der Waals surface area contributed by atoms with Gasteiger partial charge in [0.25, 0.3) is 0 Å². The molecule has 1 aromatic carbocycles. The Hall–Kier alpha value is -0.740. The molecule has 1 atom stereocenters. The van der Waals surface area contributed by atoms with Crippen LogP contribution in [0.2, 0.25) is 0 Å². The van der Waals surface area contributed by atoms with Gasteiger partial charge in [-0.25, -0.2) is 8.42 Å². The first-order valence-electron chi connectivity index (χ1n) is 5.52. The molecule has 0 saturated heterocycles. The third-order valence-electron chi connectivity index (χ3n) is 2.53. The molecule has 0 aliphatic carbocycles. The molecule has 17 heavy (non-hydrogen) atoms. The van der Waals surface area contributed by atoms with Crippen molar-refractivity contribution in [3.8, 4) is 0 Å². The number of thioether (sulfide) groups is 1. The van der Waals surface area contributed by atoms with Crippen molar-refractivity contribution in [1.29, 1.82) is 0 Å². The summed E-state index contributed by atoms with van der Waals surface area (Å²) in [5.41, 5.74) is 1.06.